The average molecular weight is 316 g/mol. The molecule has 0 spiro atoms. The van der Waals surface area contributed by atoms with Gasteiger partial charge in [-0.3, -0.25) is 9.36 Å². The molecule has 2 aliphatic rings. The van der Waals surface area contributed by atoms with Crippen LogP contribution in [0.5, 0.6) is 0 Å². The maximum Gasteiger partial charge on any atom is 0.247 e. The number of hydrogen-bond acceptors (Lipinski definition) is 7. The lowest BCUT2D eigenvalue weighted by Crippen LogP contribution is -2.07. The van der Waals surface area contributed by atoms with Gasteiger partial charge in [0, 0.05) is 18.5 Å². The van der Waals surface area contributed by atoms with Crippen LogP contribution in [0.3, 0.4) is 0 Å². The third kappa shape index (κ3) is 2.30. The second-order valence-electron chi connectivity index (χ2n) is 4.92. The minimum absolute atomic E-state index is 0.210. The number of hydrogen-bond donors (Lipinski definition) is 0. The lowest BCUT2D eigenvalue weighted by molar-refractivity contribution is 0.543. The average Bonchev–Trinajstić information content (AvgIpc) is 3.16. The molecule has 2 aromatic rings. The second kappa shape index (κ2) is 5.40. The first-order valence-corrected chi connectivity index (χ1v) is 6.91. The Balaban J connectivity index is 1.78. The van der Waals surface area contributed by atoms with E-state index in [-0.39, 0.29) is 16.9 Å². The van der Waals surface area contributed by atoms with Crippen LogP contribution in [0.15, 0.2) is 58.5 Å². The summed E-state index contributed by atoms with van der Waals surface area (Å²) in [5.74, 6) is 0.812. The number of nitrogens with zero attached hydrogens (tertiary/aromatic N) is 6. The zero-order chi connectivity index (χ0) is 16.5. The number of benzene rings is 1. The van der Waals surface area contributed by atoms with Gasteiger partial charge in [0.25, 0.3) is 0 Å². The van der Waals surface area contributed by atoms with Crippen molar-refractivity contribution in [3.8, 4) is 34.7 Å². The van der Waals surface area contributed by atoms with E-state index < -0.39 is 0 Å². The molecule has 8 heteroatoms. The summed E-state index contributed by atoms with van der Waals surface area (Å²) >= 11 is 0. The van der Waals surface area contributed by atoms with E-state index in [0.29, 0.717) is 22.8 Å². The van der Waals surface area contributed by atoms with Gasteiger partial charge in [-0.2, -0.15) is 5.26 Å². The van der Waals surface area contributed by atoms with Gasteiger partial charge in [0.2, 0.25) is 5.89 Å². The number of nitriles is 1. The first-order valence-electron chi connectivity index (χ1n) is 6.91. The van der Waals surface area contributed by atoms with Crippen LogP contribution >= 0.6 is 0 Å². The van der Waals surface area contributed by atoms with Crippen molar-refractivity contribution in [2.75, 3.05) is 0 Å². The van der Waals surface area contributed by atoms with Crippen molar-refractivity contribution >= 4 is 0 Å². The molecule has 8 nitrogen and oxygen atoms in total. The molecule has 0 N–H and O–H groups in total. The zero-order valence-electron chi connectivity index (χ0n) is 12.1. The van der Waals surface area contributed by atoms with Gasteiger partial charge in [-0.25, -0.2) is 9.97 Å². The second-order valence-corrected chi connectivity index (χ2v) is 4.92. The van der Waals surface area contributed by atoms with Crippen molar-refractivity contribution in [1.29, 1.82) is 5.26 Å². The normalized spacial score (nSPS) is 10.6. The molecule has 0 fully saturated rings. The van der Waals surface area contributed by atoms with Crippen molar-refractivity contribution in [1.82, 2.24) is 24.7 Å². The Morgan fingerprint density at radius 1 is 1.17 bits per heavy atom. The smallest absolute Gasteiger partial charge is 0.247 e. The Morgan fingerprint density at radius 3 is 2.79 bits per heavy atom. The van der Waals surface area contributed by atoms with Crippen LogP contribution in [-0.2, 0) is 0 Å². The van der Waals surface area contributed by atoms with Crippen molar-refractivity contribution in [2.24, 2.45) is 0 Å². The molecule has 1 aliphatic heterocycles. The third-order valence-corrected chi connectivity index (χ3v) is 3.40. The summed E-state index contributed by atoms with van der Waals surface area (Å²) < 4.78 is 7.11. The van der Waals surface area contributed by atoms with Gasteiger partial charge in [0.15, 0.2) is 11.2 Å². The van der Waals surface area contributed by atoms with Crippen LogP contribution < -0.4 is 5.43 Å². The maximum absolute atomic E-state index is 11.9. The van der Waals surface area contributed by atoms with Crippen molar-refractivity contribution in [2.45, 2.75) is 0 Å². The van der Waals surface area contributed by atoms with E-state index in [9.17, 15) is 4.79 Å². The fourth-order valence-electron chi connectivity index (χ4n) is 2.23. The fourth-order valence-corrected chi connectivity index (χ4v) is 2.23. The van der Waals surface area contributed by atoms with Gasteiger partial charge in [0.05, 0.1) is 22.9 Å². The van der Waals surface area contributed by atoms with Crippen molar-refractivity contribution < 1.29 is 4.42 Å². The Hall–Kier alpha value is -3.86. The lowest BCUT2D eigenvalue weighted by atomic mass is 10.1. The summed E-state index contributed by atoms with van der Waals surface area (Å²) in [5.41, 5.74) is 1.03. The Kier molecular flexibility index (Phi) is 3.10. The summed E-state index contributed by atoms with van der Waals surface area (Å²) in [6, 6.07) is 8.16. The highest BCUT2D eigenvalue weighted by atomic mass is 16.3. The van der Waals surface area contributed by atoms with Crippen molar-refractivity contribution in [3.05, 3.63) is 65.0 Å². The molecule has 1 aliphatic carbocycles. The monoisotopic (exact) mass is 316 g/mol. The lowest BCUT2D eigenvalue weighted by Gasteiger charge is -2.06. The van der Waals surface area contributed by atoms with E-state index in [2.05, 4.69) is 20.2 Å². The molecule has 114 valence electrons. The van der Waals surface area contributed by atoms with E-state index in [4.69, 9.17) is 9.68 Å². The highest BCUT2D eigenvalue weighted by Crippen LogP contribution is 2.22. The molecule has 2 aromatic heterocycles. The van der Waals surface area contributed by atoms with Gasteiger partial charge in [-0.15, -0.1) is 10.2 Å². The zero-order valence-corrected chi connectivity index (χ0v) is 12.1. The molecule has 0 bridgehead atoms. The first kappa shape index (κ1) is 13.8. The number of rotatable bonds is 2. The van der Waals surface area contributed by atoms with E-state index >= 15 is 0 Å². The van der Waals surface area contributed by atoms with Crippen LogP contribution in [0.25, 0.3) is 28.7 Å². The Morgan fingerprint density at radius 2 is 2.08 bits per heavy atom. The van der Waals surface area contributed by atoms with Gasteiger partial charge in [-0.05, 0) is 18.2 Å². The molecule has 24 heavy (non-hydrogen) atoms. The minimum atomic E-state index is -0.312. The van der Waals surface area contributed by atoms with Gasteiger partial charge < -0.3 is 4.42 Å². The predicted molar refractivity (Wildman–Crippen MR) is 82.3 cm³/mol. The number of aromatic nitrogens is 5. The predicted octanol–water partition coefficient (Wildman–Crippen LogP) is 1.65. The fraction of sp³-hybridized carbons (Fsp3) is 0. The highest BCUT2D eigenvalue weighted by Gasteiger charge is 2.14. The van der Waals surface area contributed by atoms with Crippen LogP contribution in [0.1, 0.15) is 5.56 Å². The van der Waals surface area contributed by atoms with Gasteiger partial charge in [0.1, 0.15) is 18.3 Å². The molecular weight excluding hydrogens is 308 g/mol. The van der Waals surface area contributed by atoms with Gasteiger partial charge >= 0.3 is 0 Å². The standard InChI is InChI=1S/C16H8N6O2/c17-7-10-5-13-11(14(23)6-10)8-24-16(19-13)12-1-2-15(21-20-12)22-4-3-18-9-22/h1-6,8-9H. The summed E-state index contributed by atoms with van der Waals surface area (Å²) in [4.78, 5) is 20.1. The molecule has 4 rings (SSSR count). The SMILES string of the molecule is N#Cc1cc2nc(-c3ccc(-n4ccnc4)nn3)occ-2c(=O)c1. The molecule has 0 saturated heterocycles. The highest BCUT2D eigenvalue weighted by molar-refractivity contribution is 5.64. The van der Waals surface area contributed by atoms with E-state index in [0.717, 1.165) is 0 Å². The molecule has 0 saturated carbocycles. The van der Waals surface area contributed by atoms with Crippen molar-refractivity contribution in [3.63, 3.8) is 0 Å². The van der Waals surface area contributed by atoms with Crippen LogP contribution in [-0.4, -0.2) is 24.7 Å². The molecule has 0 aromatic carbocycles. The summed E-state index contributed by atoms with van der Waals surface area (Å²) in [5, 5.41) is 17.1. The maximum atomic E-state index is 11.9. The molecule has 0 unspecified atom stereocenters. The number of fused-ring (bicyclic) bond motifs is 1. The quantitative estimate of drug-likeness (QED) is 0.553. The van der Waals surface area contributed by atoms with Crippen LogP contribution in [0.2, 0.25) is 0 Å². The molecule has 0 radical (unpaired) electrons. The largest absolute Gasteiger partial charge is 0.444 e. The summed E-state index contributed by atoms with van der Waals surface area (Å²) in [6.07, 6.45) is 6.32. The summed E-state index contributed by atoms with van der Waals surface area (Å²) in [7, 11) is 0. The van der Waals surface area contributed by atoms with E-state index in [1.807, 2.05) is 6.07 Å². The molecule has 3 heterocycles. The molecule has 0 amide bonds. The summed E-state index contributed by atoms with van der Waals surface area (Å²) in [6.45, 7) is 0. The van der Waals surface area contributed by atoms with Crippen LogP contribution in [0.4, 0.5) is 0 Å². The third-order valence-electron chi connectivity index (χ3n) is 3.40. The van der Waals surface area contributed by atoms with Crippen LogP contribution in [0, 0.1) is 11.3 Å². The minimum Gasteiger partial charge on any atom is -0.444 e. The topological polar surface area (TPSA) is 110 Å². The van der Waals surface area contributed by atoms with E-state index in [1.54, 1.807) is 35.4 Å². The first-order chi connectivity index (χ1) is 11.7. The molecule has 0 atom stereocenters. The Labute approximate surface area is 135 Å². The molecular formula is C16H8N6O2. The number of imidazole rings is 1. The Bertz CT molecular complexity index is 1080. The van der Waals surface area contributed by atoms with E-state index in [1.165, 1.54) is 18.4 Å². The van der Waals surface area contributed by atoms with Gasteiger partial charge in [-0.1, -0.05) is 0 Å².